The highest BCUT2D eigenvalue weighted by Gasteiger charge is 2.42. The normalized spacial score (nSPS) is 18.6. The van der Waals surface area contributed by atoms with Crippen LogP contribution in [0.5, 0.6) is 28.7 Å². The number of carbonyl (C=O) groups excluding carboxylic acids is 1. The Balaban J connectivity index is 1.68. The Hall–Kier alpha value is -3.95. The molecule has 0 radical (unpaired) electrons. The Morgan fingerprint density at radius 2 is 1.83 bits per heavy atom. The van der Waals surface area contributed by atoms with Crippen molar-refractivity contribution < 1.29 is 39.1 Å². The predicted octanol–water partition coefficient (Wildman–Crippen LogP) is 4.69. The van der Waals surface area contributed by atoms with Crippen molar-refractivity contribution in [2.75, 3.05) is 34.0 Å². The zero-order valence-corrected chi connectivity index (χ0v) is 23.8. The summed E-state index contributed by atoms with van der Waals surface area (Å²) in [7, 11) is 3.08. The van der Waals surface area contributed by atoms with Gasteiger partial charge in [0.1, 0.15) is 30.0 Å². The molecule has 3 unspecified atom stereocenters. The van der Waals surface area contributed by atoms with E-state index in [2.05, 4.69) is 5.32 Å². The van der Waals surface area contributed by atoms with Crippen LogP contribution in [0.2, 0.25) is 0 Å². The summed E-state index contributed by atoms with van der Waals surface area (Å²) in [5.74, 6) is 0.979. The van der Waals surface area contributed by atoms with E-state index >= 15 is 0 Å². The molecule has 2 aliphatic rings. The number of benzene rings is 3. The second kappa shape index (κ2) is 11.9. The molecule has 0 fully saturated rings. The summed E-state index contributed by atoms with van der Waals surface area (Å²) < 4.78 is 23.5. The van der Waals surface area contributed by atoms with Gasteiger partial charge in [-0.1, -0.05) is 19.1 Å². The molecule has 1 aliphatic carbocycles. The van der Waals surface area contributed by atoms with Crippen LogP contribution >= 0.6 is 0 Å². The fraction of sp³-hybridized carbons (Fsp3) is 0.406. The van der Waals surface area contributed by atoms with Crippen LogP contribution in [-0.2, 0) is 22.5 Å². The van der Waals surface area contributed by atoms with Gasteiger partial charge in [0.05, 0.1) is 20.1 Å². The minimum atomic E-state index is -0.515. The Kier molecular flexibility index (Phi) is 8.28. The van der Waals surface area contributed by atoms with Crippen LogP contribution < -0.4 is 19.5 Å². The lowest BCUT2D eigenvalue weighted by Crippen LogP contribution is -2.20. The van der Waals surface area contributed by atoms with Gasteiger partial charge in [-0.15, -0.1) is 0 Å². The number of esters is 1. The molecule has 0 saturated heterocycles. The maximum absolute atomic E-state index is 11.9. The van der Waals surface area contributed by atoms with Crippen molar-refractivity contribution in [1.82, 2.24) is 5.32 Å². The van der Waals surface area contributed by atoms with Gasteiger partial charge in [-0.25, -0.2) is 0 Å². The van der Waals surface area contributed by atoms with Gasteiger partial charge >= 0.3 is 5.97 Å². The number of carbonyl (C=O) groups is 1. The van der Waals surface area contributed by atoms with Crippen molar-refractivity contribution in [3.05, 3.63) is 64.2 Å². The van der Waals surface area contributed by atoms with Gasteiger partial charge in [0.15, 0.2) is 11.5 Å². The Labute approximate surface area is 239 Å². The lowest BCUT2D eigenvalue weighted by Gasteiger charge is -2.30. The molecule has 3 aromatic rings. The van der Waals surface area contributed by atoms with E-state index in [-0.39, 0.29) is 42.5 Å². The number of fused-ring (bicyclic) bond motifs is 5. The molecule has 5 rings (SSSR count). The van der Waals surface area contributed by atoms with E-state index in [1.807, 2.05) is 19.1 Å². The number of hydrogen-bond acceptors (Lipinski definition) is 9. The van der Waals surface area contributed by atoms with Crippen LogP contribution in [0.4, 0.5) is 0 Å². The first-order valence-corrected chi connectivity index (χ1v) is 13.9. The van der Waals surface area contributed by atoms with Crippen LogP contribution in [0.15, 0.2) is 36.4 Å². The predicted molar refractivity (Wildman–Crippen MR) is 153 cm³/mol. The summed E-state index contributed by atoms with van der Waals surface area (Å²) in [6.07, 6.45) is 0.582. The van der Waals surface area contributed by atoms with Gasteiger partial charge < -0.3 is 39.6 Å². The SMILES string of the molecule is CCNCc1cc(O)c(OC)cc1C1Oc2c(ccc3c2CC(CCO)c2cc(O)cc(OC)c2-3)C1COC(C)=O. The lowest BCUT2D eigenvalue weighted by molar-refractivity contribution is -0.141. The van der Waals surface area contributed by atoms with Crippen molar-refractivity contribution in [2.45, 2.75) is 51.2 Å². The molecule has 3 atom stereocenters. The Morgan fingerprint density at radius 1 is 1.05 bits per heavy atom. The first-order chi connectivity index (χ1) is 19.8. The van der Waals surface area contributed by atoms with Gasteiger partial charge in [0.2, 0.25) is 0 Å². The second-order valence-corrected chi connectivity index (χ2v) is 10.5. The zero-order chi connectivity index (χ0) is 29.3. The van der Waals surface area contributed by atoms with E-state index in [9.17, 15) is 20.1 Å². The average Bonchev–Trinajstić information content (AvgIpc) is 3.33. The molecule has 0 saturated carbocycles. The number of aliphatic hydroxyl groups excluding tert-OH is 1. The summed E-state index contributed by atoms with van der Waals surface area (Å²) in [5.41, 5.74) is 6.31. The van der Waals surface area contributed by atoms with Gasteiger partial charge in [0.25, 0.3) is 0 Å². The van der Waals surface area contributed by atoms with Gasteiger partial charge in [-0.05, 0) is 60.2 Å². The molecule has 41 heavy (non-hydrogen) atoms. The number of aromatic hydroxyl groups is 2. The number of rotatable bonds is 10. The van der Waals surface area contributed by atoms with E-state index in [4.69, 9.17) is 18.9 Å². The highest BCUT2D eigenvalue weighted by Crippen LogP contribution is 2.56. The fourth-order valence-corrected chi connectivity index (χ4v) is 6.18. The van der Waals surface area contributed by atoms with Crippen LogP contribution in [-0.4, -0.2) is 55.3 Å². The number of phenolic OH excluding ortho intramolecular Hbond substituents is 2. The van der Waals surface area contributed by atoms with Crippen LogP contribution in [0, 0.1) is 0 Å². The van der Waals surface area contributed by atoms with Crippen molar-refractivity contribution in [1.29, 1.82) is 0 Å². The van der Waals surface area contributed by atoms with Gasteiger partial charge in [0, 0.05) is 48.4 Å². The minimum Gasteiger partial charge on any atom is -0.508 e. The first kappa shape index (κ1) is 28.6. The number of aliphatic hydroxyl groups is 1. The lowest BCUT2D eigenvalue weighted by atomic mass is 9.75. The van der Waals surface area contributed by atoms with Crippen molar-refractivity contribution >= 4 is 5.97 Å². The van der Waals surface area contributed by atoms with Crippen molar-refractivity contribution in [3.63, 3.8) is 0 Å². The smallest absolute Gasteiger partial charge is 0.302 e. The Morgan fingerprint density at radius 3 is 2.51 bits per heavy atom. The molecule has 9 nitrogen and oxygen atoms in total. The maximum Gasteiger partial charge on any atom is 0.302 e. The van der Waals surface area contributed by atoms with Crippen molar-refractivity contribution in [3.8, 4) is 39.9 Å². The molecule has 3 aromatic carbocycles. The van der Waals surface area contributed by atoms with E-state index in [0.717, 1.165) is 51.2 Å². The zero-order valence-electron chi connectivity index (χ0n) is 23.8. The molecule has 0 aromatic heterocycles. The fourth-order valence-electron chi connectivity index (χ4n) is 6.18. The topological polar surface area (TPSA) is 127 Å². The number of hydrogen-bond donors (Lipinski definition) is 4. The maximum atomic E-state index is 11.9. The molecule has 1 heterocycles. The highest BCUT2D eigenvalue weighted by molar-refractivity contribution is 5.83. The summed E-state index contributed by atoms with van der Waals surface area (Å²) in [6.45, 7) is 4.75. The summed E-state index contributed by atoms with van der Waals surface area (Å²) in [4.78, 5) is 11.9. The first-order valence-electron chi connectivity index (χ1n) is 13.9. The van der Waals surface area contributed by atoms with Crippen LogP contribution in [0.25, 0.3) is 11.1 Å². The molecule has 0 spiro atoms. The van der Waals surface area contributed by atoms with Crippen molar-refractivity contribution in [2.24, 2.45) is 0 Å². The third kappa shape index (κ3) is 5.27. The molecule has 4 N–H and O–H groups in total. The summed E-state index contributed by atoms with van der Waals surface area (Å²) in [5, 5.41) is 34.2. The Bertz CT molecular complexity index is 1450. The number of phenols is 2. The molecule has 9 heteroatoms. The summed E-state index contributed by atoms with van der Waals surface area (Å²) in [6, 6.07) is 10.9. The quantitative estimate of drug-likeness (QED) is 0.260. The van der Waals surface area contributed by atoms with Gasteiger partial charge in [-0.3, -0.25) is 4.79 Å². The summed E-state index contributed by atoms with van der Waals surface area (Å²) >= 11 is 0. The van der Waals surface area contributed by atoms with E-state index < -0.39 is 6.10 Å². The molecular weight excluding hydrogens is 526 g/mol. The number of methoxy groups -OCH3 is 2. The van der Waals surface area contributed by atoms with Crippen LogP contribution in [0.1, 0.15) is 66.0 Å². The largest absolute Gasteiger partial charge is 0.508 e. The monoisotopic (exact) mass is 563 g/mol. The van der Waals surface area contributed by atoms with Gasteiger partial charge in [-0.2, -0.15) is 0 Å². The highest BCUT2D eigenvalue weighted by atomic mass is 16.5. The van der Waals surface area contributed by atoms with Crippen LogP contribution in [0.3, 0.4) is 0 Å². The second-order valence-electron chi connectivity index (χ2n) is 10.5. The third-order valence-electron chi connectivity index (χ3n) is 8.05. The molecular formula is C32H37NO8. The molecule has 0 bridgehead atoms. The molecule has 218 valence electrons. The minimum absolute atomic E-state index is 0.00785. The average molecular weight is 564 g/mol. The number of nitrogens with one attached hydrogen (secondary N) is 1. The number of ether oxygens (including phenoxy) is 4. The molecule has 1 aliphatic heterocycles. The molecule has 0 amide bonds. The van der Waals surface area contributed by atoms with E-state index in [1.54, 1.807) is 31.4 Å². The van der Waals surface area contributed by atoms with E-state index in [1.165, 1.54) is 14.0 Å². The third-order valence-corrected chi connectivity index (χ3v) is 8.05. The standard InChI is InChI=1S/C32H37NO8/c1-5-33-15-19-11-27(37)28(38-3)14-24(19)32-26(16-40-17(2)35)22-7-6-21-25(31(22)41-32)10-18(8-9-34)23-12-20(36)13-29(39-4)30(21)23/h6-7,11-14,18,26,32-34,36-37H,5,8-10,15-16H2,1-4H3. The van der Waals surface area contributed by atoms with E-state index in [0.29, 0.717) is 30.9 Å².